The Hall–Kier alpha value is -2.05. The lowest BCUT2D eigenvalue weighted by Gasteiger charge is -2.32. The van der Waals surface area contributed by atoms with Gasteiger partial charge in [-0.3, -0.25) is 9.78 Å². The second-order valence-corrected chi connectivity index (χ2v) is 7.47. The van der Waals surface area contributed by atoms with Gasteiger partial charge < -0.3 is 14.5 Å². The molecule has 1 aromatic heterocycles. The Balaban J connectivity index is 1.29. The summed E-state index contributed by atoms with van der Waals surface area (Å²) in [5.41, 5.74) is 1.21. The number of hydrogen-bond donors (Lipinski definition) is 0. The van der Waals surface area contributed by atoms with Crippen molar-refractivity contribution in [2.45, 2.75) is 31.8 Å². The zero-order chi connectivity index (χ0) is 18.6. The highest BCUT2D eigenvalue weighted by atomic mass is 19.1. The predicted molar refractivity (Wildman–Crippen MR) is 102 cm³/mol. The SMILES string of the molecule is O=C(c1cnc2ccc(F)cc2c1)N1CCC(OCCN2CCCC2)CC1. The van der Waals surface area contributed by atoms with E-state index in [4.69, 9.17) is 4.74 Å². The Bertz CT molecular complexity index is 799. The van der Waals surface area contributed by atoms with Crippen molar-refractivity contribution in [3.05, 3.63) is 41.8 Å². The summed E-state index contributed by atoms with van der Waals surface area (Å²) in [4.78, 5) is 21.4. The summed E-state index contributed by atoms with van der Waals surface area (Å²) in [6.07, 6.45) is 6.15. The van der Waals surface area contributed by atoms with Crippen LogP contribution in [-0.2, 0) is 4.74 Å². The molecule has 0 saturated carbocycles. The molecule has 3 heterocycles. The fourth-order valence-electron chi connectivity index (χ4n) is 3.98. The first kappa shape index (κ1) is 18.3. The number of carbonyl (C=O) groups is 1. The van der Waals surface area contributed by atoms with Gasteiger partial charge in [0.2, 0.25) is 0 Å². The van der Waals surface area contributed by atoms with Gasteiger partial charge in [-0.1, -0.05) is 0 Å². The van der Waals surface area contributed by atoms with Gasteiger partial charge in [0.1, 0.15) is 5.82 Å². The summed E-state index contributed by atoms with van der Waals surface area (Å²) < 4.78 is 19.4. The van der Waals surface area contributed by atoms with E-state index >= 15 is 0 Å². The molecular formula is C21H26FN3O2. The molecule has 2 aromatic rings. The van der Waals surface area contributed by atoms with Crippen molar-refractivity contribution in [3.63, 3.8) is 0 Å². The summed E-state index contributed by atoms with van der Waals surface area (Å²) in [5, 5.41) is 0.654. The van der Waals surface area contributed by atoms with E-state index in [9.17, 15) is 9.18 Å². The fraction of sp³-hybridized carbons (Fsp3) is 0.524. The topological polar surface area (TPSA) is 45.7 Å². The van der Waals surface area contributed by atoms with Crippen molar-refractivity contribution in [3.8, 4) is 0 Å². The minimum atomic E-state index is -0.319. The maximum atomic E-state index is 13.4. The molecule has 0 radical (unpaired) electrons. The molecule has 0 aliphatic carbocycles. The Labute approximate surface area is 159 Å². The average molecular weight is 371 g/mol. The molecule has 4 rings (SSSR count). The molecule has 0 N–H and O–H groups in total. The molecular weight excluding hydrogens is 345 g/mol. The standard InChI is InChI=1S/C21H26FN3O2/c22-18-3-4-20-16(14-18)13-17(15-23-20)21(26)25-9-5-19(6-10-25)27-12-11-24-7-1-2-8-24/h3-4,13-15,19H,1-2,5-12H2. The van der Waals surface area contributed by atoms with Crippen LogP contribution in [0.5, 0.6) is 0 Å². The lowest BCUT2D eigenvalue weighted by Crippen LogP contribution is -2.41. The fourth-order valence-corrected chi connectivity index (χ4v) is 3.98. The molecule has 1 aromatic carbocycles. The Kier molecular flexibility index (Phi) is 5.64. The van der Waals surface area contributed by atoms with Crippen LogP contribution < -0.4 is 0 Å². The van der Waals surface area contributed by atoms with Crippen molar-refractivity contribution < 1.29 is 13.9 Å². The lowest BCUT2D eigenvalue weighted by molar-refractivity contribution is 0.00208. The molecule has 0 spiro atoms. The summed E-state index contributed by atoms with van der Waals surface area (Å²) in [6.45, 7) is 5.56. The van der Waals surface area contributed by atoms with Gasteiger partial charge >= 0.3 is 0 Å². The van der Waals surface area contributed by atoms with Crippen molar-refractivity contribution in [2.75, 3.05) is 39.3 Å². The second-order valence-electron chi connectivity index (χ2n) is 7.47. The third kappa shape index (κ3) is 4.45. The molecule has 1 amide bonds. The molecule has 6 heteroatoms. The van der Waals surface area contributed by atoms with E-state index < -0.39 is 0 Å². The average Bonchev–Trinajstić information content (AvgIpc) is 3.21. The quantitative estimate of drug-likeness (QED) is 0.810. The normalized spacial score (nSPS) is 19.1. The summed E-state index contributed by atoms with van der Waals surface area (Å²) >= 11 is 0. The van der Waals surface area contributed by atoms with Crippen LogP contribution in [0.25, 0.3) is 10.9 Å². The number of aromatic nitrogens is 1. The molecule has 5 nitrogen and oxygen atoms in total. The predicted octanol–water partition coefficient (Wildman–Crippen LogP) is 3.09. The first-order valence-electron chi connectivity index (χ1n) is 9.87. The van der Waals surface area contributed by atoms with Crippen LogP contribution in [0.2, 0.25) is 0 Å². The number of hydrogen-bond acceptors (Lipinski definition) is 4. The van der Waals surface area contributed by atoms with Crippen molar-refractivity contribution in [1.29, 1.82) is 0 Å². The molecule has 144 valence electrons. The molecule has 0 atom stereocenters. The van der Waals surface area contributed by atoms with Gasteiger partial charge in [-0.05, 0) is 63.0 Å². The maximum Gasteiger partial charge on any atom is 0.255 e. The van der Waals surface area contributed by atoms with Crippen LogP contribution in [0.15, 0.2) is 30.5 Å². The first-order valence-corrected chi connectivity index (χ1v) is 9.87. The number of fused-ring (bicyclic) bond motifs is 1. The van der Waals surface area contributed by atoms with E-state index in [0.717, 1.165) is 26.0 Å². The Morgan fingerprint density at radius 1 is 1.15 bits per heavy atom. The zero-order valence-electron chi connectivity index (χ0n) is 15.6. The first-order chi connectivity index (χ1) is 13.2. The monoisotopic (exact) mass is 371 g/mol. The van der Waals surface area contributed by atoms with Crippen molar-refractivity contribution in [2.24, 2.45) is 0 Å². The number of rotatable bonds is 5. The van der Waals surface area contributed by atoms with Gasteiger partial charge in [0, 0.05) is 31.2 Å². The number of pyridine rings is 1. The number of benzene rings is 1. The van der Waals surface area contributed by atoms with Gasteiger partial charge in [0.25, 0.3) is 5.91 Å². The highest BCUT2D eigenvalue weighted by molar-refractivity contribution is 5.97. The molecule has 0 bridgehead atoms. The summed E-state index contributed by atoms with van der Waals surface area (Å²) in [7, 11) is 0. The molecule has 0 unspecified atom stereocenters. The number of piperidine rings is 1. The summed E-state index contributed by atoms with van der Waals surface area (Å²) in [6, 6.07) is 6.15. The number of halogens is 1. The van der Waals surface area contributed by atoms with Gasteiger partial charge in [-0.15, -0.1) is 0 Å². The van der Waals surface area contributed by atoms with E-state index in [1.54, 1.807) is 18.3 Å². The van der Waals surface area contributed by atoms with Gasteiger partial charge in [0.05, 0.1) is 23.8 Å². The smallest absolute Gasteiger partial charge is 0.255 e. The number of ether oxygens (including phenoxy) is 1. The Morgan fingerprint density at radius 3 is 2.70 bits per heavy atom. The van der Waals surface area contributed by atoms with E-state index in [-0.39, 0.29) is 17.8 Å². The van der Waals surface area contributed by atoms with Gasteiger partial charge in [0.15, 0.2) is 0 Å². The molecule has 27 heavy (non-hydrogen) atoms. The maximum absolute atomic E-state index is 13.4. The third-order valence-corrected chi connectivity index (χ3v) is 5.58. The minimum absolute atomic E-state index is 0.0378. The molecule has 2 saturated heterocycles. The van der Waals surface area contributed by atoms with Crippen LogP contribution in [0.4, 0.5) is 4.39 Å². The second kappa shape index (κ2) is 8.31. The van der Waals surface area contributed by atoms with E-state index in [0.29, 0.717) is 29.6 Å². The van der Waals surface area contributed by atoms with E-state index in [1.807, 2.05) is 4.90 Å². The van der Waals surface area contributed by atoms with Crippen LogP contribution in [0.1, 0.15) is 36.0 Å². The minimum Gasteiger partial charge on any atom is -0.377 e. The van der Waals surface area contributed by atoms with Crippen molar-refractivity contribution >= 4 is 16.8 Å². The third-order valence-electron chi connectivity index (χ3n) is 5.58. The number of nitrogens with zero attached hydrogens (tertiary/aromatic N) is 3. The summed E-state index contributed by atoms with van der Waals surface area (Å²) in [5.74, 6) is -0.357. The van der Waals surface area contributed by atoms with Crippen LogP contribution in [0, 0.1) is 5.82 Å². The van der Waals surface area contributed by atoms with Crippen LogP contribution >= 0.6 is 0 Å². The molecule has 2 fully saturated rings. The number of amides is 1. The van der Waals surface area contributed by atoms with Gasteiger partial charge in [-0.2, -0.15) is 0 Å². The molecule has 2 aliphatic heterocycles. The van der Waals surface area contributed by atoms with Crippen LogP contribution in [0.3, 0.4) is 0 Å². The van der Waals surface area contributed by atoms with Gasteiger partial charge in [-0.25, -0.2) is 4.39 Å². The highest BCUT2D eigenvalue weighted by Crippen LogP contribution is 2.19. The number of likely N-dealkylation sites (tertiary alicyclic amines) is 2. The zero-order valence-corrected chi connectivity index (χ0v) is 15.6. The number of carbonyl (C=O) groups excluding carboxylic acids is 1. The van der Waals surface area contributed by atoms with Crippen molar-refractivity contribution in [1.82, 2.24) is 14.8 Å². The van der Waals surface area contributed by atoms with E-state index in [1.165, 1.54) is 38.1 Å². The Morgan fingerprint density at radius 2 is 1.93 bits per heavy atom. The largest absolute Gasteiger partial charge is 0.377 e. The lowest BCUT2D eigenvalue weighted by atomic mass is 10.1. The molecule has 2 aliphatic rings. The van der Waals surface area contributed by atoms with Crippen LogP contribution in [-0.4, -0.2) is 66.1 Å². The highest BCUT2D eigenvalue weighted by Gasteiger charge is 2.24. The van der Waals surface area contributed by atoms with E-state index in [2.05, 4.69) is 9.88 Å².